The molecule has 2 atom stereocenters. The summed E-state index contributed by atoms with van der Waals surface area (Å²) in [6.45, 7) is 4.03. The molecule has 2 aliphatic rings. The van der Waals surface area contributed by atoms with Crippen LogP contribution in [0.3, 0.4) is 0 Å². The fourth-order valence-corrected chi connectivity index (χ4v) is 3.67. The summed E-state index contributed by atoms with van der Waals surface area (Å²) in [5.41, 5.74) is 1.75. The highest BCUT2D eigenvalue weighted by atomic mass is 19.1. The molecule has 1 saturated carbocycles. The molecule has 1 aromatic heterocycles. The van der Waals surface area contributed by atoms with Gasteiger partial charge in [-0.3, -0.25) is 14.7 Å². The molecule has 0 N–H and O–H groups in total. The number of benzene rings is 1. The van der Waals surface area contributed by atoms with Crippen LogP contribution in [-0.4, -0.2) is 46.9 Å². The van der Waals surface area contributed by atoms with Crippen molar-refractivity contribution in [3.8, 4) is 0 Å². The molecule has 2 aromatic rings. The number of carbonyl (C=O) groups excluding carboxylic acids is 1. The van der Waals surface area contributed by atoms with E-state index >= 15 is 0 Å². The van der Waals surface area contributed by atoms with Gasteiger partial charge in [0, 0.05) is 44.8 Å². The van der Waals surface area contributed by atoms with Crippen LogP contribution in [0.5, 0.6) is 0 Å². The molecule has 0 spiro atoms. The first kappa shape index (κ1) is 16.2. The molecular formula is C20H22FN3O. The molecule has 5 heteroatoms. The monoisotopic (exact) mass is 339 g/mol. The molecule has 1 aliphatic carbocycles. The van der Waals surface area contributed by atoms with Crippen LogP contribution in [0.1, 0.15) is 23.6 Å². The summed E-state index contributed by atoms with van der Waals surface area (Å²) in [5, 5.41) is 0. The summed E-state index contributed by atoms with van der Waals surface area (Å²) in [6.07, 6.45) is 2.58. The Labute approximate surface area is 147 Å². The topological polar surface area (TPSA) is 36.4 Å². The maximum atomic E-state index is 13.9. The third-order valence-electron chi connectivity index (χ3n) is 5.21. The Balaban J connectivity index is 1.30. The zero-order chi connectivity index (χ0) is 17.2. The van der Waals surface area contributed by atoms with Gasteiger partial charge in [0.25, 0.3) is 0 Å². The second-order valence-corrected chi connectivity index (χ2v) is 6.89. The smallest absolute Gasteiger partial charge is 0.226 e. The molecule has 1 amide bonds. The molecular weight excluding hydrogens is 317 g/mol. The summed E-state index contributed by atoms with van der Waals surface area (Å²) >= 11 is 0. The van der Waals surface area contributed by atoms with Crippen LogP contribution in [0.15, 0.2) is 48.7 Å². The van der Waals surface area contributed by atoms with Gasteiger partial charge in [-0.2, -0.15) is 0 Å². The van der Waals surface area contributed by atoms with Crippen molar-refractivity contribution in [1.82, 2.24) is 14.8 Å². The number of halogens is 1. The predicted molar refractivity (Wildman–Crippen MR) is 93.3 cm³/mol. The third kappa shape index (κ3) is 3.56. The number of hydrogen-bond donors (Lipinski definition) is 0. The highest BCUT2D eigenvalue weighted by Crippen LogP contribution is 2.49. The molecule has 4 rings (SSSR count). The number of aromatic nitrogens is 1. The van der Waals surface area contributed by atoms with Crippen molar-refractivity contribution in [2.75, 3.05) is 26.2 Å². The standard InChI is InChI=1S/C20H22FN3O/c21-19-7-2-1-6-16(19)17-13-18(17)20(25)24-11-9-23(10-12-24)14-15-5-3-4-8-22-15/h1-8,17-18H,9-14H2. The van der Waals surface area contributed by atoms with Gasteiger partial charge in [0.05, 0.1) is 5.69 Å². The molecule has 1 aliphatic heterocycles. The van der Waals surface area contributed by atoms with E-state index in [1.165, 1.54) is 6.07 Å². The second-order valence-electron chi connectivity index (χ2n) is 6.89. The van der Waals surface area contributed by atoms with Gasteiger partial charge in [-0.15, -0.1) is 0 Å². The normalized spacial score (nSPS) is 23.5. The lowest BCUT2D eigenvalue weighted by Gasteiger charge is -2.34. The quantitative estimate of drug-likeness (QED) is 0.859. The van der Waals surface area contributed by atoms with Crippen LogP contribution >= 0.6 is 0 Å². The van der Waals surface area contributed by atoms with E-state index in [1.807, 2.05) is 35.4 Å². The highest BCUT2D eigenvalue weighted by Gasteiger charge is 2.47. The summed E-state index contributed by atoms with van der Waals surface area (Å²) in [4.78, 5) is 21.3. The molecule has 1 saturated heterocycles. The summed E-state index contributed by atoms with van der Waals surface area (Å²) in [6, 6.07) is 12.8. The Morgan fingerprint density at radius 3 is 2.56 bits per heavy atom. The van der Waals surface area contributed by atoms with Crippen molar-refractivity contribution >= 4 is 5.91 Å². The van der Waals surface area contributed by atoms with Gasteiger partial charge < -0.3 is 4.90 Å². The Bertz CT molecular complexity index is 744. The third-order valence-corrected chi connectivity index (χ3v) is 5.21. The molecule has 2 heterocycles. The van der Waals surface area contributed by atoms with E-state index in [9.17, 15) is 9.18 Å². The van der Waals surface area contributed by atoms with E-state index in [-0.39, 0.29) is 23.6 Å². The summed E-state index contributed by atoms with van der Waals surface area (Å²) in [5.74, 6) is 0.00760. The number of hydrogen-bond acceptors (Lipinski definition) is 3. The van der Waals surface area contributed by atoms with Crippen LogP contribution in [0, 0.1) is 11.7 Å². The van der Waals surface area contributed by atoms with E-state index in [0.29, 0.717) is 5.56 Å². The number of amides is 1. The van der Waals surface area contributed by atoms with Gasteiger partial charge in [-0.05, 0) is 36.1 Å². The van der Waals surface area contributed by atoms with Crippen molar-refractivity contribution in [1.29, 1.82) is 0 Å². The first-order chi connectivity index (χ1) is 12.2. The zero-order valence-corrected chi connectivity index (χ0v) is 14.1. The second kappa shape index (κ2) is 6.92. The zero-order valence-electron chi connectivity index (χ0n) is 14.1. The fourth-order valence-electron chi connectivity index (χ4n) is 3.67. The van der Waals surface area contributed by atoms with Crippen LogP contribution in [0.2, 0.25) is 0 Å². The summed E-state index contributed by atoms with van der Waals surface area (Å²) < 4.78 is 13.9. The SMILES string of the molecule is O=C(C1CC1c1ccccc1F)N1CCN(Cc2ccccn2)CC1. The molecule has 0 bridgehead atoms. The maximum absolute atomic E-state index is 13.9. The van der Waals surface area contributed by atoms with Crippen LogP contribution in [0.25, 0.3) is 0 Å². The maximum Gasteiger partial charge on any atom is 0.226 e. The predicted octanol–water partition coefficient (Wildman–Crippen LogP) is 2.67. The largest absolute Gasteiger partial charge is 0.340 e. The Kier molecular flexibility index (Phi) is 4.49. The van der Waals surface area contributed by atoms with Gasteiger partial charge in [0.1, 0.15) is 5.82 Å². The molecule has 0 radical (unpaired) electrons. The first-order valence-corrected chi connectivity index (χ1v) is 8.88. The lowest BCUT2D eigenvalue weighted by atomic mass is 10.1. The lowest BCUT2D eigenvalue weighted by Crippen LogP contribution is -2.48. The lowest BCUT2D eigenvalue weighted by molar-refractivity contribution is -0.134. The van der Waals surface area contributed by atoms with Crippen molar-refractivity contribution in [3.63, 3.8) is 0 Å². The minimum Gasteiger partial charge on any atom is -0.340 e. The van der Waals surface area contributed by atoms with E-state index < -0.39 is 0 Å². The van der Waals surface area contributed by atoms with Crippen molar-refractivity contribution in [2.24, 2.45) is 5.92 Å². The van der Waals surface area contributed by atoms with Crippen LogP contribution < -0.4 is 0 Å². The molecule has 2 fully saturated rings. The van der Waals surface area contributed by atoms with E-state index in [0.717, 1.165) is 44.8 Å². The molecule has 25 heavy (non-hydrogen) atoms. The van der Waals surface area contributed by atoms with Crippen LogP contribution in [0.4, 0.5) is 4.39 Å². The van der Waals surface area contributed by atoms with Gasteiger partial charge >= 0.3 is 0 Å². The number of pyridine rings is 1. The van der Waals surface area contributed by atoms with E-state index in [4.69, 9.17) is 0 Å². The fraction of sp³-hybridized carbons (Fsp3) is 0.400. The number of carbonyl (C=O) groups is 1. The molecule has 1 aromatic carbocycles. The molecule has 4 nitrogen and oxygen atoms in total. The molecule has 2 unspecified atom stereocenters. The Morgan fingerprint density at radius 1 is 1.08 bits per heavy atom. The van der Waals surface area contributed by atoms with Gasteiger partial charge in [-0.1, -0.05) is 24.3 Å². The Morgan fingerprint density at radius 2 is 1.84 bits per heavy atom. The molecule has 130 valence electrons. The van der Waals surface area contributed by atoms with Gasteiger partial charge in [0.15, 0.2) is 0 Å². The Hall–Kier alpha value is -2.27. The highest BCUT2D eigenvalue weighted by molar-refractivity contribution is 5.83. The minimum absolute atomic E-state index is 0.0424. The number of piperazine rings is 1. The van der Waals surface area contributed by atoms with Gasteiger partial charge in [-0.25, -0.2) is 4.39 Å². The average Bonchev–Trinajstić information content (AvgIpc) is 3.44. The average molecular weight is 339 g/mol. The van der Waals surface area contributed by atoms with Crippen molar-refractivity contribution in [2.45, 2.75) is 18.9 Å². The van der Waals surface area contributed by atoms with E-state index in [2.05, 4.69) is 9.88 Å². The minimum atomic E-state index is -0.192. The number of rotatable bonds is 4. The first-order valence-electron chi connectivity index (χ1n) is 8.88. The van der Waals surface area contributed by atoms with E-state index in [1.54, 1.807) is 12.1 Å². The van der Waals surface area contributed by atoms with Crippen LogP contribution in [-0.2, 0) is 11.3 Å². The number of nitrogens with zero attached hydrogens (tertiary/aromatic N) is 3. The summed E-state index contributed by atoms with van der Waals surface area (Å²) in [7, 11) is 0. The van der Waals surface area contributed by atoms with Crippen molar-refractivity contribution in [3.05, 3.63) is 65.7 Å². The van der Waals surface area contributed by atoms with Crippen molar-refractivity contribution < 1.29 is 9.18 Å². The van der Waals surface area contributed by atoms with Gasteiger partial charge in [0.2, 0.25) is 5.91 Å².